The Bertz CT molecular complexity index is 296. The van der Waals surface area contributed by atoms with Crippen molar-refractivity contribution in [3.8, 4) is 0 Å². The van der Waals surface area contributed by atoms with Crippen LogP contribution < -0.4 is 5.32 Å². The third-order valence-corrected chi connectivity index (χ3v) is 3.09. The first-order valence-electron chi connectivity index (χ1n) is 5.48. The monoisotopic (exact) mass is 206 g/mol. The van der Waals surface area contributed by atoms with Gasteiger partial charge >= 0.3 is 0 Å². The van der Waals surface area contributed by atoms with Crippen molar-refractivity contribution in [2.24, 2.45) is 0 Å². The van der Waals surface area contributed by atoms with Gasteiger partial charge in [0.25, 0.3) is 0 Å². The predicted molar refractivity (Wildman–Crippen MR) is 59.9 cm³/mol. The Kier molecular flexibility index (Phi) is 3.34. The minimum atomic E-state index is 0.386. The van der Waals surface area contributed by atoms with Crippen molar-refractivity contribution in [2.45, 2.75) is 18.3 Å². The van der Waals surface area contributed by atoms with Crippen molar-refractivity contribution >= 4 is 0 Å². The van der Waals surface area contributed by atoms with Crippen LogP contribution in [0.15, 0.2) is 24.5 Å². The van der Waals surface area contributed by atoms with Gasteiger partial charge in [0.1, 0.15) is 0 Å². The SMILES string of the molecule is COCCNCC1(c2ccncc2)CC1. The number of rotatable bonds is 6. The molecule has 0 aliphatic heterocycles. The molecule has 0 unspecified atom stereocenters. The zero-order valence-electron chi connectivity index (χ0n) is 9.20. The van der Waals surface area contributed by atoms with Gasteiger partial charge in [0, 0.05) is 38.0 Å². The smallest absolute Gasteiger partial charge is 0.0587 e. The van der Waals surface area contributed by atoms with Gasteiger partial charge in [-0.3, -0.25) is 4.98 Å². The van der Waals surface area contributed by atoms with E-state index in [2.05, 4.69) is 22.4 Å². The van der Waals surface area contributed by atoms with Gasteiger partial charge in [-0.05, 0) is 30.5 Å². The first-order valence-corrected chi connectivity index (χ1v) is 5.48. The van der Waals surface area contributed by atoms with Gasteiger partial charge in [-0.15, -0.1) is 0 Å². The van der Waals surface area contributed by atoms with Gasteiger partial charge in [0.2, 0.25) is 0 Å². The minimum absolute atomic E-state index is 0.386. The number of ether oxygens (including phenoxy) is 1. The Morgan fingerprint density at radius 2 is 2.13 bits per heavy atom. The lowest BCUT2D eigenvalue weighted by Gasteiger charge is -2.16. The highest BCUT2D eigenvalue weighted by molar-refractivity contribution is 5.29. The van der Waals surface area contributed by atoms with Gasteiger partial charge in [-0.25, -0.2) is 0 Å². The second-order valence-electron chi connectivity index (χ2n) is 4.19. The van der Waals surface area contributed by atoms with Crippen LogP contribution in [-0.4, -0.2) is 31.8 Å². The number of hydrogen-bond donors (Lipinski definition) is 1. The second-order valence-corrected chi connectivity index (χ2v) is 4.19. The molecule has 1 fully saturated rings. The lowest BCUT2D eigenvalue weighted by Crippen LogP contribution is -2.29. The zero-order chi connectivity index (χ0) is 10.6. The summed E-state index contributed by atoms with van der Waals surface area (Å²) < 4.78 is 5.01. The van der Waals surface area contributed by atoms with Crippen LogP contribution in [0.1, 0.15) is 18.4 Å². The van der Waals surface area contributed by atoms with Crippen LogP contribution in [0, 0.1) is 0 Å². The van der Waals surface area contributed by atoms with E-state index in [9.17, 15) is 0 Å². The summed E-state index contributed by atoms with van der Waals surface area (Å²) in [4.78, 5) is 4.06. The fraction of sp³-hybridized carbons (Fsp3) is 0.583. The third-order valence-electron chi connectivity index (χ3n) is 3.09. The molecule has 0 radical (unpaired) electrons. The summed E-state index contributed by atoms with van der Waals surface area (Å²) in [5.74, 6) is 0. The number of nitrogens with one attached hydrogen (secondary N) is 1. The minimum Gasteiger partial charge on any atom is -0.383 e. The van der Waals surface area contributed by atoms with Crippen molar-refractivity contribution in [1.82, 2.24) is 10.3 Å². The summed E-state index contributed by atoms with van der Waals surface area (Å²) in [6, 6.07) is 4.26. The molecule has 1 aromatic heterocycles. The highest BCUT2D eigenvalue weighted by Crippen LogP contribution is 2.47. The first-order chi connectivity index (χ1) is 7.37. The largest absolute Gasteiger partial charge is 0.383 e. The number of aromatic nitrogens is 1. The topological polar surface area (TPSA) is 34.1 Å². The van der Waals surface area contributed by atoms with Crippen LogP contribution >= 0.6 is 0 Å². The molecule has 1 N–H and O–H groups in total. The molecule has 1 aromatic rings. The Balaban J connectivity index is 1.86. The summed E-state index contributed by atoms with van der Waals surface area (Å²) in [6.45, 7) is 2.77. The molecule has 0 bridgehead atoms. The fourth-order valence-corrected chi connectivity index (χ4v) is 1.93. The third kappa shape index (κ3) is 2.55. The Hall–Kier alpha value is -0.930. The van der Waals surface area contributed by atoms with Gasteiger partial charge < -0.3 is 10.1 Å². The summed E-state index contributed by atoms with van der Waals surface area (Å²) >= 11 is 0. The van der Waals surface area contributed by atoms with Crippen LogP contribution in [0.5, 0.6) is 0 Å². The van der Waals surface area contributed by atoms with Crippen LogP contribution in [0.4, 0.5) is 0 Å². The molecule has 3 heteroatoms. The van der Waals surface area contributed by atoms with Crippen LogP contribution in [-0.2, 0) is 10.2 Å². The summed E-state index contributed by atoms with van der Waals surface area (Å²) in [7, 11) is 1.73. The van der Waals surface area contributed by atoms with E-state index in [0.29, 0.717) is 5.41 Å². The molecule has 0 saturated heterocycles. The van der Waals surface area contributed by atoms with Crippen molar-refractivity contribution in [3.63, 3.8) is 0 Å². The molecule has 0 spiro atoms. The van der Waals surface area contributed by atoms with E-state index < -0.39 is 0 Å². The molecule has 0 amide bonds. The highest BCUT2D eigenvalue weighted by atomic mass is 16.5. The van der Waals surface area contributed by atoms with E-state index in [1.807, 2.05) is 12.4 Å². The van der Waals surface area contributed by atoms with Crippen molar-refractivity contribution in [2.75, 3.05) is 26.8 Å². The van der Waals surface area contributed by atoms with Gasteiger partial charge in [0.05, 0.1) is 6.61 Å². The predicted octanol–water partition coefficient (Wildman–Crippen LogP) is 1.35. The van der Waals surface area contributed by atoms with Gasteiger partial charge in [-0.1, -0.05) is 0 Å². The Morgan fingerprint density at radius 3 is 2.73 bits per heavy atom. The van der Waals surface area contributed by atoms with E-state index in [1.165, 1.54) is 18.4 Å². The number of nitrogens with zero attached hydrogens (tertiary/aromatic N) is 1. The van der Waals surface area contributed by atoms with Crippen LogP contribution in [0.3, 0.4) is 0 Å². The normalized spacial score (nSPS) is 17.7. The molecule has 1 aliphatic rings. The molecule has 1 heterocycles. The molecular formula is C12H18N2O. The maximum atomic E-state index is 5.01. The lowest BCUT2D eigenvalue weighted by atomic mass is 9.97. The highest BCUT2D eigenvalue weighted by Gasteiger charge is 2.43. The molecule has 1 saturated carbocycles. The molecule has 1 aliphatic carbocycles. The van der Waals surface area contributed by atoms with E-state index in [1.54, 1.807) is 7.11 Å². The molecule has 82 valence electrons. The quantitative estimate of drug-likeness (QED) is 0.713. The maximum absolute atomic E-state index is 5.01. The Morgan fingerprint density at radius 1 is 1.40 bits per heavy atom. The van der Waals surface area contributed by atoms with Crippen LogP contribution in [0.25, 0.3) is 0 Å². The van der Waals surface area contributed by atoms with E-state index in [-0.39, 0.29) is 0 Å². The number of pyridine rings is 1. The molecular weight excluding hydrogens is 188 g/mol. The van der Waals surface area contributed by atoms with Gasteiger partial charge in [-0.2, -0.15) is 0 Å². The molecule has 0 aromatic carbocycles. The zero-order valence-corrected chi connectivity index (χ0v) is 9.20. The Labute approximate surface area is 90.9 Å². The van der Waals surface area contributed by atoms with E-state index in [0.717, 1.165) is 19.7 Å². The maximum Gasteiger partial charge on any atom is 0.0587 e. The molecule has 0 atom stereocenters. The standard InChI is InChI=1S/C12H18N2O/c1-15-9-8-14-10-12(4-5-12)11-2-6-13-7-3-11/h2-3,6-7,14H,4-5,8-10H2,1H3. The number of methoxy groups -OCH3 is 1. The van der Waals surface area contributed by atoms with Crippen LogP contribution in [0.2, 0.25) is 0 Å². The average molecular weight is 206 g/mol. The van der Waals surface area contributed by atoms with E-state index in [4.69, 9.17) is 4.74 Å². The van der Waals surface area contributed by atoms with E-state index >= 15 is 0 Å². The fourth-order valence-electron chi connectivity index (χ4n) is 1.93. The van der Waals surface area contributed by atoms with Crippen molar-refractivity contribution in [3.05, 3.63) is 30.1 Å². The second kappa shape index (κ2) is 4.73. The summed E-state index contributed by atoms with van der Waals surface area (Å²) in [5.41, 5.74) is 1.80. The number of hydrogen-bond acceptors (Lipinski definition) is 3. The lowest BCUT2D eigenvalue weighted by molar-refractivity contribution is 0.198. The molecule has 15 heavy (non-hydrogen) atoms. The van der Waals surface area contributed by atoms with Gasteiger partial charge in [0.15, 0.2) is 0 Å². The average Bonchev–Trinajstić information content (AvgIpc) is 3.07. The summed E-state index contributed by atoms with van der Waals surface area (Å²) in [6.07, 6.45) is 6.34. The first kappa shape index (κ1) is 10.6. The molecule has 2 rings (SSSR count). The molecule has 3 nitrogen and oxygen atoms in total. The van der Waals surface area contributed by atoms with Crippen molar-refractivity contribution in [1.29, 1.82) is 0 Å². The van der Waals surface area contributed by atoms with Crippen molar-refractivity contribution < 1.29 is 4.74 Å². The summed E-state index contributed by atoms with van der Waals surface area (Å²) in [5, 5.41) is 3.44.